The molecule has 1 saturated carbocycles. The van der Waals surface area contributed by atoms with E-state index in [2.05, 4.69) is 18.2 Å². The molecule has 1 aliphatic carbocycles. The van der Waals surface area contributed by atoms with E-state index in [-0.39, 0.29) is 0 Å². The first kappa shape index (κ1) is 8.62. The van der Waals surface area contributed by atoms with Gasteiger partial charge < -0.3 is 5.32 Å². The van der Waals surface area contributed by atoms with Crippen LogP contribution in [0.2, 0.25) is 0 Å². The van der Waals surface area contributed by atoms with Crippen molar-refractivity contribution in [3.8, 4) is 12.3 Å². The van der Waals surface area contributed by atoms with Gasteiger partial charge in [-0.25, -0.2) is 0 Å². The fourth-order valence-electron chi connectivity index (χ4n) is 1.22. The highest BCUT2D eigenvalue weighted by molar-refractivity contribution is 5.00. The van der Waals surface area contributed by atoms with Crippen molar-refractivity contribution in [3.63, 3.8) is 0 Å². The van der Waals surface area contributed by atoms with Crippen molar-refractivity contribution in [1.29, 1.82) is 0 Å². The van der Waals surface area contributed by atoms with Crippen molar-refractivity contribution in [3.05, 3.63) is 0 Å². The molecule has 0 aromatic rings. The van der Waals surface area contributed by atoms with Crippen LogP contribution in [0, 0.1) is 18.3 Å². The number of terminal acetylenes is 1. The molecule has 62 valence electrons. The lowest BCUT2D eigenvalue weighted by atomic mass is 10.1. The molecule has 1 rings (SSSR count). The Morgan fingerprint density at radius 2 is 2.36 bits per heavy atom. The lowest BCUT2D eigenvalue weighted by Crippen LogP contribution is -2.28. The second kappa shape index (κ2) is 4.41. The lowest BCUT2D eigenvalue weighted by molar-refractivity contribution is 0.537. The molecule has 1 atom stereocenters. The summed E-state index contributed by atoms with van der Waals surface area (Å²) in [5.74, 6) is 3.73. The molecule has 1 unspecified atom stereocenters. The van der Waals surface area contributed by atoms with Gasteiger partial charge in [0.25, 0.3) is 0 Å². The number of hydrogen-bond donors (Lipinski definition) is 1. The van der Waals surface area contributed by atoms with Crippen molar-refractivity contribution >= 4 is 0 Å². The van der Waals surface area contributed by atoms with Crippen molar-refractivity contribution in [2.45, 2.75) is 38.6 Å². The minimum Gasteiger partial charge on any atom is -0.304 e. The number of nitrogens with one attached hydrogen (secondary N) is 1. The summed E-state index contributed by atoms with van der Waals surface area (Å²) in [5.41, 5.74) is 0. The van der Waals surface area contributed by atoms with Crippen LogP contribution in [0.1, 0.15) is 32.6 Å². The third kappa shape index (κ3) is 3.43. The smallest absolute Gasteiger partial charge is 0.0689 e. The maximum absolute atomic E-state index is 5.38. The van der Waals surface area contributed by atoms with Crippen LogP contribution in [-0.4, -0.2) is 12.6 Å². The lowest BCUT2D eigenvalue weighted by Gasteiger charge is -2.10. The summed E-state index contributed by atoms with van der Waals surface area (Å²) in [4.78, 5) is 0. The first-order valence-corrected chi connectivity index (χ1v) is 4.56. The van der Waals surface area contributed by atoms with Gasteiger partial charge in [0.15, 0.2) is 0 Å². The minimum absolute atomic E-state index is 0.336. The Morgan fingerprint density at radius 3 is 2.82 bits per heavy atom. The van der Waals surface area contributed by atoms with E-state index in [1.54, 1.807) is 0 Å². The molecule has 11 heavy (non-hydrogen) atoms. The van der Waals surface area contributed by atoms with Crippen LogP contribution < -0.4 is 5.32 Å². The minimum atomic E-state index is 0.336. The van der Waals surface area contributed by atoms with Gasteiger partial charge in [0.1, 0.15) is 0 Å². The molecule has 0 heterocycles. The van der Waals surface area contributed by atoms with Gasteiger partial charge in [-0.2, -0.15) is 0 Å². The topological polar surface area (TPSA) is 12.0 Å². The molecule has 0 amide bonds. The quantitative estimate of drug-likeness (QED) is 0.591. The number of rotatable bonds is 5. The Hall–Kier alpha value is -0.480. The molecule has 0 radical (unpaired) electrons. The fourth-order valence-corrected chi connectivity index (χ4v) is 1.22. The van der Waals surface area contributed by atoms with Crippen molar-refractivity contribution < 1.29 is 0 Å². The summed E-state index contributed by atoms with van der Waals surface area (Å²) in [6.45, 7) is 3.22. The van der Waals surface area contributed by atoms with E-state index in [0.717, 1.165) is 12.5 Å². The fraction of sp³-hybridized carbons (Fsp3) is 0.800. The summed E-state index contributed by atoms with van der Waals surface area (Å²) in [6, 6.07) is 0.336. The van der Waals surface area contributed by atoms with Gasteiger partial charge in [0.2, 0.25) is 0 Å². The van der Waals surface area contributed by atoms with Crippen LogP contribution in [0.4, 0.5) is 0 Å². The van der Waals surface area contributed by atoms with Gasteiger partial charge in [-0.15, -0.1) is 6.42 Å². The highest BCUT2D eigenvalue weighted by Crippen LogP contribution is 2.33. The first-order valence-electron chi connectivity index (χ1n) is 4.56. The molecule has 0 bridgehead atoms. The van der Waals surface area contributed by atoms with Crippen molar-refractivity contribution in [2.75, 3.05) is 6.54 Å². The maximum atomic E-state index is 5.38. The summed E-state index contributed by atoms with van der Waals surface area (Å²) in [7, 11) is 0. The molecule has 1 N–H and O–H groups in total. The molecular formula is C10H17N. The summed E-state index contributed by atoms with van der Waals surface area (Å²) in [5, 5.41) is 3.35. The monoisotopic (exact) mass is 151 g/mol. The molecular weight excluding hydrogens is 134 g/mol. The van der Waals surface area contributed by atoms with Crippen molar-refractivity contribution in [1.82, 2.24) is 5.32 Å². The van der Waals surface area contributed by atoms with Gasteiger partial charge in [-0.05, 0) is 25.3 Å². The normalized spacial score (nSPS) is 19.3. The van der Waals surface area contributed by atoms with E-state index in [1.165, 1.54) is 25.7 Å². The molecule has 1 fully saturated rings. The van der Waals surface area contributed by atoms with Crippen LogP contribution in [-0.2, 0) is 0 Å². The average molecular weight is 151 g/mol. The number of hydrogen-bond acceptors (Lipinski definition) is 1. The summed E-state index contributed by atoms with van der Waals surface area (Å²) in [6.07, 6.45) is 10.5. The SMILES string of the molecule is C#CC(CC1CC1)NCCC. The molecule has 1 heteroatoms. The predicted molar refractivity (Wildman–Crippen MR) is 48.3 cm³/mol. The van der Waals surface area contributed by atoms with E-state index in [4.69, 9.17) is 6.42 Å². The Morgan fingerprint density at radius 1 is 1.64 bits per heavy atom. The maximum Gasteiger partial charge on any atom is 0.0689 e. The molecule has 1 nitrogen and oxygen atoms in total. The summed E-state index contributed by atoms with van der Waals surface area (Å²) >= 11 is 0. The van der Waals surface area contributed by atoms with Crippen LogP contribution in [0.3, 0.4) is 0 Å². The molecule has 1 aliphatic rings. The van der Waals surface area contributed by atoms with Crippen LogP contribution >= 0.6 is 0 Å². The Labute approximate surface area is 69.6 Å². The van der Waals surface area contributed by atoms with E-state index in [0.29, 0.717) is 6.04 Å². The predicted octanol–water partition coefficient (Wildman–Crippen LogP) is 1.79. The molecule has 0 aromatic carbocycles. The van der Waals surface area contributed by atoms with Gasteiger partial charge in [-0.3, -0.25) is 0 Å². The second-order valence-corrected chi connectivity index (χ2v) is 3.35. The van der Waals surface area contributed by atoms with E-state index >= 15 is 0 Å². The van der Waals surface area contributed by atoms with Gasteiger partial charge >= 0.3 is 0 Å². The largest absolute Gasteiger partial charge is 0.304 e. The molecule has 0 spiro atoms. The van der Waals surface area contributed by atoms with Crippen molar-refractivity contribution in [2.24, 2.45) is 5.92 Å². The second-order valence-electron chi connectivity index (χ2n) is 3.35. The first-order chi connectivity index (χ1) is 5.36. The summed E-state index contributed by atoms with van der Waals surface area (Å²) < 4.78 is 0. The average Bonchev–Trinajstić information content (AvgIpc) is 2.81. The third-order valence-electron chi connectivity index (χ3n) is 2.11. The highest BCUT2D eigenvalue weighted by Gasteiger charge is 2.23. The van der Waals surface area contributed by atoms with Crippen LogP contribution in [0.15, 0.2) is 0 Å². The zero-order valence-electron chi connectivity index (χ0n) is 7.27. The van der Waals surface area contributed by atoms with E-state index < -0.39 is 0 Å². The van der Waals surface area contributed by atoms with Gasteiger partial charge in [0.05, 0.1) is 6.04 Å². The molecule has 0 aromatic heterocycles. The molecule has 0 saturated heterocycles. The van der Waals surface area contributed by atoms with Crippen LogP contribution in [0.5, 0.6) is 0 Å². The highest BCUT2D eigenvalue weighted by atomic mass is 14.9. The Bertz CT molecular complexity index is 141. The zero-order chi connectivity index (χ0) is 8.10. The van der Waals surface area contributed by atoms with Crippen LogP contribution in [0.25, 0.3) is 0 Å². The van der Waals surface area contributed by atoms with Gasteiger partial charge in [0, 0.05) is 0 Å². The third-order valence-corrected chi connectivity index (χ3v) is 2.11. The zero-order valence-corrected chi connectivity index (χ0v) is 7.27. The standard InChI is InChI=1S/C10H17N/c1-3-7-11-10(4-2)8-9-5-6-9/h2,9-11H,3,5-8H2,1H3. The molecule has 0 aliphatic heterocycles. The van der Waals surface area contributed by atoms with E-state index in [1.807, 2.05) is 0 Å². The van der Waals surface area contributed by atoms with E-state index in [9.17, 15) is 0 Å². The van der Waals surface area contributed by atoms with Gasteiger partial charge in [-0.1, -0.05) is 25.7 Å². The Kier molecular flexibility index (Phi) is 3.45. The Balaban J connectivity index is 2.09.